The fourth-order valence-electron chi connectivity index (χ4n) is 4.78. The van der Waals surface area contributed by atoms with Gasteiger partial charge in [0.2, 0.25) is 0 Å². The van der Waals surface area contributed by atoms with Gasteiger partial charge in [-0.25, -0.2) is 4.39 Å². The standard InChI is InChI=1S/C22H29FN4S/c23-16-11-15-12-20(26-21(15)19(13-16)24-17-5-1-2-6-17)22-25-18(14-28-22)7-10-27-8-3-4-9-27/h11-13,17-18,24,26H,1-10,14H2/t18-/m1/s1. The molecule has 1 aromatic heterocycles. The predicted octanol–water partition coefficient (Wildman–Crippen LogP) is 5.01. The molecule has 2 aliphatic heterocycles. The van der Waals surface area contributed by atoms with Gasteiger partial charge >= 0.3 is 0 Å². The van der Waals surface area contributed by atoms with Crippen molar-refractivity contribution in [3.05, 3.63) is 29.7 Å². The van der Waals surface area contributed by atoms with Crippen molar-refractivity contribution < 1.29 is 4.39 Å². The van der Waals surface area contributed by atoms with Crippen molar-refractivity contribution in [2.75, 3.05) is 30.7 Å². The van der Waals surface area contributed by atoms with Crippen LogP contribution >= 0.6 is 11.8 Å². The lowest BCUT2D eigenvalue weighted by Gasteiger charge is -2.15. The molecule has 3 heterocycles. The summed E-state index contributed by atoms with van der Waals surface area (Å²) >= 11 is 1.83. The first kappa shape index (κ1) is 18.5. The molecule has 1 saturated carbocycles. The Morgan fingerprint density at radius 3 is 2.79 bits per heavy atom. The highest BCUT2D eigenvalue weighted by molar-refractivity contribution is 8.14. The van der Waals surface area contributed by atoms with Crippen LogP contribution in [-0.4, -0.2) is 52.4 Å². The summed E-state index contributed by atoms with van der Waals surface area (Å²) in [5.41, 5.74) is 2.93. The molecular formula is C22H29FN4S. The van der Waals surface area contributed by atoms with Gasteiger partial charge in [0.05, 0.1) is 22.9 Å². The van der Waals surface area contributed by atoms with E-state index in [0.29, 0.717) is 12.1 Å². The van der Waals surface area contributed by atoms with Crippen molar-refractivity contribution in [3.63, 3.8) is 0 Å². The van der Waals surface area contributed by atoms with Crippen molar-refractivity contribution in [2.45, 2.75) is 57.0 Å². The molecule has 5 rings (SSSR count). The largest absolute Gasteiger partial charge is 0.381 e. The SMILES string of the molecule is Fc1cc(NC2CCCC2)c2[nH]c(C3=N[C@H](CCN4CCCC4)CS3)cc2c1. The van der Waals surface area contributed by atoms with Gasteiger partial charge < -0.3 is 15.2 Å². The van der Waals surface area contributed by atoms with Crippen LogP contribution in [0.5, 0.6) is 0 Å². The van der Waals surface area contributed by atoms with E-state index in [-0.39, 0.29) is 5.82 Å². The lowest BCUT2D eigenvalue weighted by atomic mass is 10.2. The maximum atomic E-state index is 14.2. The van der Waals surface area contributed by atoms with E-state index in [1.165, 1.54) is 51.6 Å². The predicted molar refractivity (Wildman–Crippen MR) is 117 cm³/mol. The molecule has 0 bridgehead atoms. The van der Waals surface area contributed by atoms with Crippen LogP contribution in [0.4, 0.5) is 10.1 Å². The number of H-pyrrole nitrogens is 1. The maximum Gasteiger partial charge on any atom is 0.126 e. The average molecular weight is 401 g/mol. The number of halogens is 1. The number of likely N-dealkylation sites (tertiary alicyclic amines) is 1. The monoisotopic (exact) mass is 400 g/mol. The number of anilines is 1. The number of hydrogen-bond acceptors (Lipinski definition) is 4. The molecule has 150 valence electrons. The first-order valence-electron chi connectivity index (χ1n) is 10.8. The molecule has 1 atom stereocenters. The number of thioether (sulfide) groups is 1. The van der Waals surface area contributed by atoms with Gasteiger partial charge in [-0.15, -0.1) is 11.8 Å². The maximum absolute atomic E-state index is 14.2. The van der Waals surface area contributed by atoms with Gasteiger partial charge in [-0.1, -0.05) is 12.8 Å². The van der Waals surface area contributed by atoms with Crippen LogP contribution in [0.15, 0.2) is 23.2 Å². The van der Waals surface area contributed by atoms with Crippen molar-refractivity contribution in [3.8, 4) is 0 Å². The molecule has 3 aliphatic rings. The first-order valence-corrected chi connectivity index (χ1v) is 11.8. The van der Waals surface area contributed by atoms with Gasteiger partial charge in [-0.2, -0.15) is 0 Å². The second-order valence-corrected chi connectivity index (χ2v) is 9.47. The summed E-state index contributed by atoms with van der Waals surface area (Å²) in [4.78, 5) is 11.1. The first-order chi connectivity index (χ1) is 13.7. The molecule has 6 heteroatoms. The Morgan fingerprint density at radius 2 is 1.96 bits per heavy atom. The van der Waals surface area contributed by atoms with E-state index in [1.807, 2.05) is 11.8 Å². The zero-order valence-electron chi connectivity index (χ0n) is 16.3. The van der Waals surface area contributed by atoms with Crippen molar-refractivity contribution in [2.24, 2.45) is 4.99 Å². The number of nitrogens with one attached hydrogen (secondary N) is 2. The van der Waals surface area contributed by atoms with Gasteiger partial charge in [0.1, 0.15) is 10.9 Å². The molecule has 1 aliphatic carbocycles. The minimum absolute atomic E-state index is 0.178. The van der Waals surface area contributed by atoms with Crippen LogP contribution in [0.1, 0.15) is 50.6 Å². The zero-order valence-corrected chi connectivity index (χ0v) is 17.2. The highest BCUT2D eigenvalue weighted by atomic mass is 32.2. The van der Waals surface area contributed by atoms with Gasteiger partial charge in [0, 0.05) is 23.7 Å². The van der Waals surface area contributed by atoms with Gasteiger partial charge in [-0.05, 0) is 63.4 Å². The molecule has 0 unspecified atom stereocenters. The zero-order chi connectivity index (χ0) is 18.9. The Kier molecular flexibility index (Phi) is 5.33. The van der Waals surface area contributed by atoms with Gasteiger partial charge in [0.15, 0.2) is 0 Å². The van der Waals surface area contributed by atoms with Crippen LogP contribution in [0, 0.1) is 5.82 Å². The van der Waals surface area contributed by atoms with Crippen molar-refractivity contribution >= 4 is 33.4 Å². The van der Waals surface area contributed by atoms with Crippen LogP contribution in [0.3, 0.4) is 0 Å². The highest BCUT2D eigenvalue weighted by Gasteiger charge is 2.23. The Bertz CT molecular complexity index is 865. The third-order valence-corrected chi connectivity index (χ3v) is 7.48. The fourth-order valence-corrected chi connectivity index (χ4v) is 5.86. The van der Waals surface area contributed by atoms with Gasteiger partial charge in [-0.3, -0.25) is 4.99 Å². The van der Waals surface area contributed by atoms with Crippen molar-refractivity contribution in [1.82, 2.24) is 9.88 Å². The third-order valence-electron chi connectivity index (χ3n) is 6.33. The number of nitrogens with zero attached hydrogens (tertiary/aromatic N) is 2. The quantitative estimate of drug-likeness (QED) is 0.716. The number of benzene rings is 1. The lowest BCUT2D eigenvalue weighted by Crippen LogP contribution is -2.23. The summed E-state index contributed by atoms with van der Waals surface area (Å²) in [6.07, 6.45) is 8.70. The van der Waals surface area contributed by atoms with E-state index >= 15 is 0 Å². The third kappa shape index (κ3) is 3.94. The number of hydrogen-bond donors (Lipinski definition) is 2. The van der Waals surface area contributed by atoms with E-state index in [9.17, 15) is 4.39 Å². The van der Waals surface area contributed by atoms with Crippen molar-refractivity contribution in [1.29, 1.82) is 0 Å². The number of fused-ring (bicyclic) bond motifs is 1. The molecule has 0 spiro atoms. The van der Waals surface area contributed by atoms with E-state index in [4.69, 9.17) is 4.99 Å². The Morgan fingerprint density at radius 1 is 1.14 bits per heavy atom. The topological polar surface area (TPSA) is 43.4 Å². The van der Waals surface area contributed by atoms with E-state index in [0.717, 1.165) is 46.0 Å². The fraction of sp³-hybridized carbons (Fsp3) is 0.591. The molecule has 1 aromatic carbocycles. The minimum Gasteiger partial charge on any atom is -0.381 e. The Labute approximate surface area is 170 Å². The van der Waals surface area contributed by atoms with Crippen LogP contribution in [0.2, 0.25) is 0 Å². The van der Waals surface area contributed by atoms with E-state index in [2.05, 4.69) is 21.3 Å². The smallest absolute Gasteiger partial charge is 0.126 e. The molecule has 2 N–H and O–H groups in total. The molecule has 28 heavy (non-hydrogen) atoms. The lowest BCUT2D eigenvalue weighted by molar-refractivity contribution is 0.326. The molecule has 2 fully saturated rings. The highest BCUT2D eigenvalue weighted by Crippen LogP contribution is 2.32. The summed E-state index contributed by atoms with van der Waals surface area (Å²) in [5.74, 6) is 0.878. The van der Waals surface area contributed by atoms with Crippen LogP contribution in [-0.2, 0) is 0 Å². The molecule has 1 saturated heterocycles. The Balaban J connectivity index is 1.33. The summed E-state index contributed by atoms with van der Waals surface area (Å²) in [7, 11) is 0. The second kappa shape index (κ2) is 8.07. The molecule has 0 amide bonds. The molecule has 2 aromatic rings. The van der Waals surface area contributed by atoms with Gasteiger partial charge in [0.25, 0.3) is 0 Å². The molecular weight excluding hydrogens is 371 g/mol. The average Bonchev–Trinajstić information content (AvgIpc) is 3.45. The number of aromatic amines is 1. The van der Waals surface area contributed by atoms with Crippen LogP contribution < -0.4 is 5.32 Å². The molecule has 0 radical (unpaired) electrons. The summed E-state index contributed by atoms with van der Waals surface area (Å²) in [6, 6.07) is 6.18. The summed E-state index contributed by atoms with van der Waals surface area (Å²) < 4.78 is 14.2. The second-order valence-electron chi connectivity index (χ2n) is 8.46. The molecule has 4 nitrogen and oxygen atoms in total. The number of aromatic nitrogens is 1. The van der Waals surface area contributed by atoms with E-state index < -0.39 is 0 Å². The summed E-state index contributed by atoms with van der Waals surface area (Å²) in [5, 5.41) is 5.57. The van der Waals surface area contributed by atoms with E-state index in [1.54, 1.807) is 12.1 Å². The van der Waals surface area contributed by atoms with Crippen LogP contribution in [0.25, 0.3) is 10.9 Å². The Hall–Kier alpha value is -1.53. The number of rotatable bonds is 6. The minimum atomic E-state index is -0.178. The number of aliphatic imine (C=N–C) groups is 1. The normalized spacial score (nSPS) is 23.8. The summed E-state index contributed by atoms with van der Waals surface area (Å²) in [6.45, 7) is 3.66.